The molecule has 39 heavy (non-hydrogen) atoms. The van der Waals surface area contributed by atoms with Gasteiger partial charge < -0.3 is 9.84 Å². The lowest BCUT2D eigenvalue weighted by Crippen LogP contribution is -2.51. The highest BCUT2D eigenvalue weighted by molar-refractivity contribution is 5.69. The second-order valence-electron chi connectivity index (χ2n) is 14.6. The Balaban J connectivity index is 1.32. The van der Waals surface area contributed by atoms with Gasteiger partial charge in [0.15, 0.2) is 0 Å². The molecule has 0 aromatic heterocycles. The predicted octanol–water partition coefficient (Wildman–Crippen LogP) is 8.23. The molecule has 0 aromatic rings. The van der Waals surface area contributed by atoms with Crippen LogP contribution in [0.4, 0.5) is 0 Å². The molecule has 3 fully saturated rings. The van der Waals surface area contributed by atoms with Gasteiger partial charge in [0.05, 0.1) is 6.10 Å². The van der Waals surface area contributed by atoms with Gasteiger partial charge in [-0.1, -0.05) is 71.6 Å². The van der Waals surface area contributed by atoms with E-state index in [-0.39, 0.29) is 17.5 Å². The van der Waals surface area contributed by atoms with Crippen molar-refractivity contribution in [3.63, 3.8) is 0 Å². The van der Waals surface area contributed by atoms with Crippen LogP contribution in [0, 0.1) is 46.3 Å². The van der Waals surface area contributed by atoms with Crippen molar-refractivity contribution in [3.05, 3.63) is 23.8 Å². The lowest BCUT2D eigenvalue weighted by molar-refractivity contribution is -0.151. The van der Waals surface area contributed by atoms with Crippen molar-refractivity contribution in [2.45, 2.75) is 137 Å². The number of carbonyl (C=O) groups is 2. The van der Waals surface area contributed by atoms with Gasteiger partial charge in [-0.25, -0.2) is 0 Å². The number of rotatable bonds is 12. The molecular formula is C35H56O4. The summed E-state index contributed by atoms with van der Waals surface area (Å²) in [6.07, 6.45) is 20.7. The Kier molecular flexibility index (Phi) is 10.2. The van der Waals surface area contributed by atoms with Crippen molar-refractivity contribution in [1.82, 2.24) is 0 Å². The number of aliphatic hydroxyl groups is 1. The first kappa shape index (κ1) is 30.5. The van der Waals surface area contributed by atoms with E-state index in [1.54, 1.807) is 5.57 Å². The van der Waals surface area contributed by atoms with Gasteiger partial charge in [-0.05, 0) is 110 Å². The number of esters is 1. The molecule has 4 nitrogen and oxygen atoms in total. The van der Waals surface area contributed by atoms with Crippen LogP contribution < -0.4 is 0 Å². The number of fused-ring (bicyclic) bond motifs is 5. The highest BCUT2D eigenvalue weighted by Gasteiger charge is 2.59. The SMILES string of the molecule is CC(C)CCC[C@@H](C)[C@H]1CC[C@H]2[C@@H]3CC=C4C[C@@H](OC(=O)CCCC(O)/C=C/C=O)CC[C@]4(C)[C@H]3CC[C@]12C. The molecule has 1 N–H and O–H groups in total. The summed E-state index contributed by atoms with van der Waals surface area (Å²) >= 11 is 0. The summed E-state index contributed by atoms with van der Waals surface area (Å²) in [5, 5.41) is 9.83. The van der Waals surface area contributed by atoms with Crippen LogP contribution in [-0.2, 0) is 14.3 Å². The van der Waals surface area contributed by atoms with Gasteiger partial charge in [0.2, 0.25) is 0 Å². The van der Waals surface area contributed by atoms with Crippen LogP contribution in [0.5, 0.6) is 0 Å². The molecule has 3 saturated carbocycles. The molecule has 9 atom stereocenters. The average molecular weight is 541 g/mol. The number of aldehydes is 1. The van der Waals surface area contributed by atoms with Gasteiger partial charge in [0.25, 0.3) is 0 Å². The normalized spacial score (nSPS) is 37.5. The molecule has 0 radical (unpaired) electrons. The standard InChI is InChI=1S/C35H56O4/c1-24(2)9-6-10-25(3)30-16-17-31-29-15-14-26-23-28(39-33(38)13-7-11-27(37)12-8-22-36)18-20-34(26,4)32(29)19-21-35(30,31)5/h8,12,14,22,24-25,27-32,37H,6-7,9-11,13,15-21,23H2,1-5H3/b12-8+/t25-,27?,28+,29+,30-,31+,32+,34+,35-/m1/s1. The van der Waals surface area contributed by atoms with E-state index >= 15 is 0 Å². The first-order valence-corrected chi connectivity index (χ1v) is 16.3. The number of hydrogen-bond acceptors (Lipinski definition) is 4. The second kappa shape index (κ2) is 13.0. The van der Waals surface area contributed by atoms with E-state index in [9.17, 15) is 14.7 Å². The Labute approximate surface area is 238 Å². The first-order chi connectivity index (χ1) is 18.6. The van der Waals surface area contributed by atoms with E-state index in [1.807, 2.05) is 0 Å². The quantitative estimate of drug-likeness (QED) is 0.117. The molecule has 1 unspecified atom stereocenters. The summed E-state index contributed by atoms with van der Waals surface area (Å²) in [6.45, 7) is 12.5. The van der Waals surface area contributed by atoms with Crippen LogP contribution >= 0.6 is 0 Å². The molecule has 4 aliphatic rings. The summed E-state index contributed by atoms with van der Waals surface area (Å²) in [6, 6.07) is 0. The molecule has 4 aliphatic carbocycles. The zero-order valence-electron chi connectivity index (χ0n) is 25.5. The van der Waals surface area contributed by atoms with E-state index < -0.39 is 6.10 Å². The predicted molar refractivity (Wildman–Crippen MR) is 158 cm³/mol. The highest BCUT2D eigenvalue weighted by Crippen LogP contribution is 2.67. The zero-order chi connectivity index (χ0) is 28.2. The number of ether oxygens (including phenoxy) is 1. The number of carbonyl (C=O) groups excluding carboxylic acids is 2. The minimum Gasteiger partial charge on any atom is -0.462 e. The summed E-state index contributed by atoms with van der Waals surface area (Å²) in [7, 11) is 0. The fourth-order valence-corrected chi connectivity index (χ4v) is 9.72. The van der Waals surface area contributed by atoms with Crippen molar-refractivity contribution in [2.75, 3.05) is 0 Å². The molecular weight excluding hydrogens is 484 g/mol. The van der Waals surface area contributed by atoms with Gasteiger partial charge in [-0.2, -0.15) is 0 Å². The number of allylic oxidation sites excluding steroid dienone is 2. The lowest BCUT2D eigenvalue weighted by Gasteiger charge is -2.58. The summed E-state index contributed by atoms with van der Waals surface area (Å²) < 4.78 is 5.92. The molecule has 0 spiro atoms. The molecule has 220 valence electrons. The Bertz CT molecular complexity index is 904. The molecule has 0 bridgehead atoms. The van der Waals surface area contributed by atoms with Gasteiger partial charge >= 0.3 is 5.97 Å². The third-order valence-electron chi connectivity index (χ3n) is 11.9. The van der Waals surface area contributed by atoms with Crippen molar-refractivity contribution in [1.29, 1.82) is 0 Å². The summed E-state index contributed by atoms with van der Waals surface area (Å²) in [5.41, 5.74) is 2.34. The minimum absolute atomic E-state index is 0.00957. The van der Waals surface area contributed by atoms with Gasteiger partial charge in [-0.15, -0.1) is 0 Å². The fraction of sp³-hybridized carbons (Fsp3) is 0.829. The van der Waals surface area contributed by atoms with Crippen molar-refractivity contribution in [2.24, 2.45) is 46.3 Å². The molecule has 0 amide bonds. The van der Waals surface area contributed by atoms with E-state index in [0.29, 0.717) is 31.0 Å². The third kappa shape index (κ3) is 6.74. The molecule has 0 heterocycles. The van der Waals surface area contributed by atoms with Crippen LogP contribution in [0.25, 0.3) is 0 Å². The molecule has 0 aliphatic heterocycles. The summed E-state index contributed by atoms with van der Waals surface area (Å²) in [4.78, 5) is 22.9. The fourth-order valence-electron chi connectivity index (χ4n) is 9.72. The number of hydrogen-bond donors (Lipinski definition) is 1. The molecule has 0 saturated heterocycles. The minimum atomic E-state index is -0.681. The van der Waals surface area contributed by atoms with Crippen LogP contribution in [-0.4, -0.2) is 29.6 Å². The monoisotopic (exact) mass is 540 g/mol. The largest absolute Gasteiger partial charge is 0.462 e. The smallest absolute Gasteiger partial charge is 0.306 e. The van der Waals surface area contributed by atoms with Crippen molar-refractivity contribution < 1.29 is 19.4 Å². The van der Waals surface area contributed by atoms with E-state index in [4.69, 9.17) is 4.74 Å². The van der Waals surface area contributed by atoms with Crippen LogP contribution in [0.15, 0.2) is 23.8 Å². The van der Waals surface area contributed by atoms with E-state index in [0.717, 1.165) is 54.8 Å². The van der Waals surface area contributed by atoms with Gasteiger partial charge in [0, 0.05) is 12.8 Å². The van der Waals surface area contributed by atoms with E-state index in [2.05, 4.69) is 40.7 Å². The first-order valence-electron chi connectivity index (χ1n) is 16.3. The maximum absolute atomic E-state index is 12.5. The highest BCUT2D eigenvalue weighted by atomic mass is 16.5. The maximum atomic E-state index is 12.5. The molecule has 4 rings (SSSR count). The second-order valence-corrected chi connectivity index (χ2v) is 14.6. The Hall–Kier alpha value is -1.42. The maximum Gasteiger partial charge on any atom is 0.306 e. The zero-order valence-corrected chi connectivity index (χ0v) is 25.5. The topological polar surface area (TPSA) is 63.6 Å². The van der Waals surface area contributed by atoms with Crippen LogP contribution in [0.2, 0.25) is 0 Å². The van der Waals surface area contributed by atoms with Crippen molar-refractivity contribution in [3.8, 4) is 0 Å². The van der Waals surface area contributed by atoms with E-state index in [1.165, 1.54) is 63.5 Å². The summed E-state index contributed by atoms with van der Waals surface area (Å²) in [5.74, 6) is 4.88. The lowest BCUT2D eigenvalue weighted by atomic mass is 9.47. The van der Waals surface area contributed by atoms with Gasteiger partial charge in [0.1, 0.15) is 12.4 Å². The molecule has 0 aromatic carbocycles. The number of aliphatic hydroxyl groups excluding tert-OH is 1. The Morgan fingerprint density at radius 3 is 2.59 bits per heavy atom. The van der Waals surface area contributed by atoms with Crippen LogP contribution in [0.3, 0.4) is 0 Å². The average Bonchev–Trinajstić information content (AvgIpc) is 3.24. The van der Waals surface area contributed by atoms with Crippen molar-refractivity contribution >= 4 is 12.3 Å². The van der Waals surface area contributed by atoms with Gasteiger partial charge in [-0.3, -0.25) is 9.59 Å². The Morgan fingerprint density at radius 2 is 1.85 bits per heavy atom. The molecule has 4 heteroatoms. The third-order valence-corrected chi connectivity index (χ3v) is 11.9. The Morgan fingerprint density at radius 1 is 1.05 bits per heavy atom. The van der Waals surface area contributed by atoms with Crippen LogP contribution in [0.1, 0.15) is 125 Å².